The van der Waals surface area contributed by atoms with Crippen molar-refractivity contribution >= 4 is 31.9 Å². The van der Waals surface area contributed by atoms with Crippen LogP contribution in [0.1, 0.15) is 5.56 Å². The molecule has 0 spiro atoms. The van der Waals surface area contributed by atoms with Crippen molar-refractivity contribution < 1.29 is 9.13 Å². The van der Waals surface area contributed by atoms with Gasteiger partial charge >= 0.3 is 0 Å². The first kappa shape index (κ1) is 12.6. The molecule has 1 nitrogen and oxygen atoms in total. The van der Waals surface area contributed by atoms with Crippen molar-refractivity contribution in [3.05, 3.63) is 58.3 Å². The highest BCUT2D eigenvalue weighted by Gasteiger charge is 2.08. The van der Waals surface area contributed by atoms with Crippen LogP contribution >= 0.6 is 31.9 Å². The number of ether oxygens (including phenoxy) is 1. The maximum Gasteiger partial charge on any atom is 0.165 e. The SMILES string of the molecule is Fc1ccc(Br)cc1Oc1ccccc1CBr. The monoisotopic (exact) mass is 358 g/mol. The van der Waals surface area contributed by atoms with E-state index in [9.17, 15) is 4.39 Å². The molecule has 0 bridgehead atoms. The number of rotatable bonds is 3. The van der Waals surface area contributed by atoms with Gasteiger partial charge in [-0.2, -0.15) is 0 Å². The molecule has 0 aliphatic heterocycles. The van der Waals surface area contributed by atoms with E-state index in [0.717, 1.165) is 10.0 Å². The summed E-state index contributed by atoms with van der Waals surface area (Å²) in [7, 11) is 0. The first-order valence-corrected chi connectivity index (χ1v) is 6.89. The number of benzene rings is 2. The molecule has 88 valence electrons. The van der Waals surface area contributed by atoms with Crippen LogP contribution in [0.15, 0.2) is 46.9 Å². The molecular formula is C13H9Br2FO. The second-order valence-electron chi connectivity index (χ2n) is 3.42. The zero-order chi connectivity index (χ0) is 12.3. The van der Waals surface area contributed by atoms with Crippen LogP contribution in [0.5, 0.6) is 11.5 Å². The molecule has 17 heavy (non-hydrogen) atoms. The third kappa shape index (κ3) is 3.07. The van der Waals surface area contributed by atoms with Gasteiger partial charge in [0.15, 0.2) is 11.6 Å². The molecule has 0 unspecified atom stereocenters. The summed E-state index contributed by atoms with van der Waals surface area (Å²) in [5, 5.41) is 0.665. The summed E-state index contributed by atoms with van der Waals surface area (Å²) in [6.45, 7) is 0. The van der Waals surface area contributed by atoms with E-state index in [0.29, 0.717) is 11.1 Å². The Labute approximate surface area is 116 Å². The third-order valence-corrected chi connectivity index (χ3v) is 3.33. The summed E-state index contributed by atoms with van der Waals surface area (Å²) in [6.07, 6.45) is 0. The van der Waals surface area contributed by atoms with Crippen molar-refractivity contribution in [3.8, 4) is 11.5 Å². The lowest BCUT2D eigenvalue weighted by Crippen LogP contribution is -1.91. The van der Waals surface area contributed by atoms with Crippen molar-refractivity contribution in [2.24, 2.45) is 0 Å². The average molecular weight is 360 g/mol. The highest BCUT2D eigenvalue weighted by molar-refractivity contribution is 9.10. The molecule has 0 fully saturated rings. The molecule has 0 amide bonds. The number of alkyl halides is 1. The fourth-order valence-electron chi connectivity index (χ4n) is 1.39. The molecule has 0 saturated carbocycles. The van der Waals surface area contributed by atoms with Gasteiger partial charge in [0.1, 0.15) is 5.75 Å². The fraction of sp³-hybridized carbons (Fsp3) is 0.0769. The Hall–Kier alpha value is -0.870. The van der Waals surface area contributed by atoms with Crippen LogP contribution in [0, 0.1) is 5.82 Å². The van der Waals surface area contributed by atoms with Crippen LogP contribution in [-0.4, -0.2) is 0 Å². The van der Waals surface area contributed by atoms with Gasteiger partial charge in [0.2, 0.25) is 0 Å². The number of hydrogen-bond donors (Lipinski definition) is 0. The lowest BCUT2D eigenvalue weighted by molar-refractivity contribution is 0.439. The predicted octanol–water partition coefficient (Wildman–Crippen LogP) is 5.28. The lowest BCUT2D eigenvalue weighted by atomic mass is 10.2. The third-order valence-electron chi connectivity index (χ3n) is 2.23. The molecule has 0 heterocycles. The molecular weight excluding hydrogens is 351 g/mol. The molecule has 0 atom stereocenters. The topological polar surface area (TPSA) is 9.23 Å². The first-order chi connectivity index (χ1) is 8.20. The number of halogens is 3. The van der Waals surface area contributed by atoms with E-state index in [1.54, 1.807) is 12.1 Å². The van der Waals surface area contributed by atoms with Gasteiger partial charge in [-0.15, -0.1) is 0 Å². The maximum atomic E-state index is 13.5. The quantitative estimate of drug-likeness (QED) is 0.678. The highest BCUT2D eigenvalue weighted by atomic mass is 79.9. The first-order valence-electron chi connectivity index (χ1n) is 4.97. The van der Waals surface area contributed by atoms with E-state index >= 15 is 0 Å². The summed E-state index contributed by atoms with van der Waals surface area (Å²) < 4.78 is 19.9. The summed E-state index contributed by atoms with van der Waals surface area (Å²) in [4.78, 5) is 0. The molecule has 0 aromatic heterocycles. The van der Waals surface area contributed by atoms with Gasteiger partial charge in [-0.3, -0.25) is 0 Å². The Balaban J connectivity index is 2.34. The molecule has 0 N–H and O–H groups in total. The van der Waals surface area contributed by atoms with Crippen LogP contribution < -0.4 is 4.74 Å². The Morgan fingerprint density at radius 2 is 1.82 bits per heavy atom. The normalized spacial score (nSPS) is 10.3. The smallest absolute Gasteiger partial charge is 0.165 e. The Bertz CT molecular complexity index is 529. The molecule has 0 radical (unpaired) electrons. The molecule has 4 heteroatoms. The van der Waals surface area contributed by atoms with Crippen LogP contribution in [0.25, 0.3) is 0 Å². The number of para-hydroxylation sites is 1. The summed E-state index contributed by atoms with van der Waals surface area (Å²) in [5.74, 6) is 0.492. The van der Waals surface area contributed by atoms with Gasteiger partial charge in [-0.05, 0) is 24.3 Å². The van der Waals surface area contributed by atoms with Gasteiger partial charge in [-0.1, -0.05) is 50.1 Å². The van der Waals surface area contributed by atoms with Gasteiger partial charge in [0.05, 0.1) is 0 Å². The largest absolute Gasteiger partial charge is 0.454 e. The molecule has 2 aromatic carbocycles. The van der Waals surface area contributed by atoms with E-state index in [1.165, 1.54) is 6.07 Å². The zero-order valence-electron chi connectivity index (χ0n) is 8.79. The summed E-state index contributed by atoms with van der Waals surface area (Å²) in [6, 6.07) is 12.1. The molecule has 0 saturated heterocycles. The second kappa shape index (κ2) is 5.65. The van der Waals surface area contributed by atoms with Gasteiger partial charge in [-0.25, -0.2) is 4.39 Å². The van der Waals surface area contributed by atoms with Crippen LogP contribution in [0.2, 0.25) is 0 Å². The minimum Gasteiger partial charge on any atom is -0.454 e. The van der Waals surface area contributed by atoms with E-state index in [2.05, 4.69) is 31.9 Å². The van der Waals surface area contributed by atoms with Crippen molar-refractivity contribution in [2.45, 2.75) is 5.33 Å². The minimum atomic E-state index is -0.377. The molecule has 2 rings (SSSR count). The maximum absolute atomic E-state index is 13.5. The predicted molar refractivity (Wildman–Crippen MR) is 73.2 cm³/mol. The van der Waals surface area contributed by atoms with Crippen LogP contribution in [0.4, 0.5) is 4.39 Å². The average Bonchev–Trinajstić information content (AvgIpc) is 2.34. The van der Waals surface area contributed by atoms with E-state index in [-0.39, 0.29) is 11.6 Å². The molecule has 0 aliphatic carbocycles. The molecule has 2 aromatic rings. The minimum absolute atomic E-state index is 0.216. The van der Waals surface area contributed by atoms with Gasteiger partial charge in [0.25, 0.3) is 0 Å². The summed E-state index contributed by atoms with van der Waals surface area (Å²) >= 11 is 6.66. The van der Waals surface area contributed by atoms with Crippen LogP contribution in [-0.2, 0) is 5.33 Å². The van der Waals surface area contributed by atoms with Crippen molar-refractivity contribution in [3.63, 3.8) is 0 Å². The van der Waals surface area contributed by atoms with E-state index < -0.39 is 0 Å². The van der Waals surface area contributed by atoms with Crippen molar-refractivity contribution in [1.29, 1.82) is 0 Å². The van der Waals surface area contributed by atoms with Gasteiger partial charge in [0, 0.05) is 15.4 Å². The van der Waals surface area contributed by atoms with Crippen LogP contribution in [0.3, 0.4) is 0 Å². The fourth-order valence-corrected chi connectivity index (χ4v) is 2.19. The van der Waals surface area contributed by atoms with Crippen molar-refractivity contribution in [2.75, 3.05) is 0 Å². The standard InChI is InChI=1S/C13H9Br2FO/c14-8-9-3-1-2-4-12(9)17-13-7-10(15)5-6-11(13)16/h1-7H,8H2. The molecule has 0 aliphatic rings. The summed E-state index contributed by atoms with van der Waals surface area (Å²) in [5.41, 5.74) is 0.979. The Morgan fingerprint density at radius 3 is 2.59 bits per heavy atom. The number of hydrogen-bond acceptors (Lipinski definition) is 1. The lowest BCUT2D eigenvalue weighted by Gasteiger charge is -2.10. The van der Waals surface area contributed by atoms with Crippen molar-refractivity contribution in [1.82, 2.24) is 0 Å². The second-order valence-corrected chi connectivity index (χ2v) is 4.89. The highest BCUT2D eigenvalue weighted by Crippen LogP contribution is 2.30. The van der Waals surface area contributed by atoms with E-state index in [4.69, 9.17) is 4.74 Å². The zero-order valence-corrected chi connectivity index (χ0v) is 12.0. The Morgan fingerprint density at radius 1 is 1.06 bits per heavy atom. The Kier molecular flexibility index (Phi) is 4.18. The van der Waals surface area contributed by atoms with Gasteiger partial charge < -0.3 is 4.74 Å². The van der Waals surface area contributed by atoms with E-state index in [1.807, 2.05) is 24.3 Å².